The number of hydrogen-bond donors (Lipinski definition) is 3. The second-order valence-electron chi connectivity index (χ2n) is 4.71. The standard InChI is InChI=1S/C11H27NO3SSi/c1-3-4-5-6-7-9-12(13)16-10-8-11-17(2,14)15/h12,14-15H,3-11H2,1-2H3. The van der Waals surface area contributed by atoms with Crippen molar-refractivity contribution in [1.82, 2.24) is 0 Å². The van der Waals surface area contributed by atoms with Crippen LogP contribution in [-0.2, 0) is 0 Å². The van der Waals surface area contributed by atoms with E-state index in [-0.39, 0.29) is 4.47 Å². The fourth-order valence-corrected chi connectivity index (χ4v) is 3.45. The van der Waals surface area contributed by atoms with Crippen molar-refractivity contribution in [3.63, 3.8) is 0 Å². The second-order valence-corrected chi connectivity index (χ2v) is 8.79. The number of unbranched alkanes of at least 4 members (excludes halogenated alkanes) is 4. The molecule has 0 heterocycles. The maximum atomic E-state index is 11.4. The first-order chi connectivity index (χ1) is 7.95. The van der Waals surface area contributed by atoms with Crippen LogP contribution in [0.5, 0.6) is 0 Å². The molecular formula is C11H27NO3SSi. The highest BCUT2D eigenvalue weighted by molar-refractivity contribution is 7.93. The van der Waals surface area contributed by atoms with Crippen molar-refractivity contribution in [3.05, 3.63) is 5.21 Å². The van der Waals surface area contributed by atoms with Gasteiger partial charge in [0, 0.05) is 5.75 Å². The molecule has 0 aliphatic rings. The lowest BCUT2D eigenvalue weighted by Gasteiger charge is -2.19. The summed E-state index contributed by atoms with van der Waals surface area (Å²) in [5, 5.41) is 11.4. The van der Waals surface area contributed by atoms with Crippen LogP contribution in [0.3, 0.4) is 0 Å². The van der Waals surface area contributed by atoms with E-state index in [0.717, 1.165) is 25.0 Å². The van der Waals surface area contributed by atoms with Crippen molar-refractivity contribution in [2.24, 2.45) is 0 Å². The summed E-state index contributed by atoms with van der Waals surface area (Å²) in [6, 6.07) is 0.462. The highest BCUT2D eigenvalue weighted by Crippen LogP contribution is 2.07. The number of quaternary nitrogens is 1. The van der Waals surface area contributed by atoms with Gasteiger partial charge in [-0.2, -0.15) is 0 Å². The second kappa shape index (κ2) is 10.3. The molecule has 4 nitrogen and oxygen atoms in total. The molecule has 0 rings (SSSR count). The first-order valence-corrected chi connectivity index (χ1v) is 10.1. The molecule has 0 bridgehead atoms. The van der Waals surface area contributed by atoms with Gasteiger partial charge < -0.3 is 19.3 Å². The fraction of sp³-hybridized carbons (Fsp3) is 1.00. The predicted octanol–water partition coefficient (Wildman–Crippen LogP) is 1.43. The van der Waals surface area contributed by atoms with Gasteiger partial charge in [0.1, 0.15) is 0 Å². The molecule has 1 atom stereocenters. The molecular weight excluding hydrogens is 254 g/mol. The number of rotatable bonds is 11. The Bertz CT molecular complexity index is 179. The monoisotopic (exact) mass is 281 g/mol. The molecule has 0 amide bonds. The van der Waals surface area contributed by atoms with Gasteiger partial charge >= 0.3 is 8.56 Å². The minimum absolute atomic E-state index is 0.251. The molecule has 0 radical (unpaired) electrons. The van der Waals surface area contributed by atoms with E-state index in [2.05, 4.69) is 6.92 Å². The molecule has 0 saturated carbocycles. The topological polar surface area (TPSA) is 68.0 Å². The lowest BCUT2D eigenvalue weighted by molar-refractivity contribution is -0.694. The summed E-state index contributed by atoms with van der Waals surface area (Å²) in [5.41, 5.74) is 0. The average Bonchev–Trinajstić information content (AvgIpc) is 2.23. The van der Waals surface area contributed by atoms with Crippen molar-refractivity contribution in [1.29, 1.82) is 0 Å². The Labute approximate surface area is 110 Å². The molecule has 0 aromatic carbocycles. The summed E-state index contributed by atoms with van der Waals surface area (Å²) >= 11 is 1.34. The van der Waals surface area contributed by atoms with Crippen LogP contribution >= 0.6 is 11.9 Å². The van der Waals surface area contributed by atoms with E-state index in [1.807, 2.05) is 0 Å². The molecule has 0 aromatic rings. The smallest absolute Gasteiger partial charge is 0.329 e. The zero-order valence-electron chi connectivity index (χ0n) is 11.1. The molecule has 1 unspecified atom stereocenters. The van der Waals surface area contributed by atoms with Crippen molar-refractivity contribution in [2.45, 2.75) is 58.0 Å². The van der Waals surface area contributed by atoms with Gasteiger partial charge in [-0.15, -0.1) is 0 Å². The largest absolute Gasteiger partial charge is 0.622 e. The van der Waals surface area contributed by atoms with Gasteiger partial charge in [0.15, 0.2) is 0 Å². The number of nitrogens with one attached hydrogen (secondary N) is 1. The Morgan fingerprint density at radius 3 is 2.35 bits per heavy atom. The van der Waals surface area contributed by atoms with Gasteiger partial charge in [-0.25, -0.2) is 0 Å². The molecule has 3 N–H and O–H groups in total. The van der Waals surface area contributed by atoms with Gasteiger partial charge in [0.2, 0.25) is 0 Å². The van der Waals surface area contributed by atoms with Gasteiger partial charge in [-0.05, 0) is 31.9 Å². The summed E-state index contributed by atoms with van der Waals surface area (Å²) in [6.45, 7) is 4.36. The van der Waals surface area contributed by atoms with Gasteiger partial charge in [0.05, 0.1) is 18.5 Å². The van der Waals surface area contributed by atoms with Crippen molar-refractivity contribution >= 4 is 20.5 Å². The molecule has 17 heavy (non-hydrogen) atoms. The van der Waals surface area contributed by atoms with Crippen LogP contribution in [-0.4, -0.2) is 30.4 Å². The van der Waals surface area contributed by atoms with Crippen LogP contribution in [0, 0.1) is 5.21 Å². The van der Waals surface area contributed by atoms with Crippen LogP contribution in [0.2, 0.25) is 12.6 Å². The maximum Gasteiger partial charge on any atom is 0.329 e. The van der Waals surface area contributed by atoms with E-state index < -0.39 is 8.56 Å². The molecule has 0 aromatic heterocycles. The highest BCUT2D eigenvalue weighted by Gasteiger charge is 2.20. The average molecular weight is 281 g/mol. The van der Waals surface area contributed by atoms with E-state index in [0.29, 0.717) is 12.6 Å². The van der Waals surface area contributed by atoms with Gasteiger partial charge in [-0.3, -0.25) is 0 Å². The first-order valence-electron chi connectivity index (χ1n) is 6.56. The lowest BCUT2D eigenvalue weighted by Crippen LogP contribution is -3.00. The molecule has 0 aliphatic heterocycles. The zero-order chi connectivity index (χ0) is 13.1. The third-order valence-corrected chi connectivity index (χ3v) is 4.86. The maximum absolute atomic E-state index is 11.4. The van der Waals surface area contributed by atoms with Gasteiger partial charge in [-0.1, -0.05) is 26.2 Å². The Morgan fingerprint density at radius 1 is 1.12 bits per heavy atom. The van der Waals surface area contributed by atoms with Crippen molar-refractivity contribution < 1.29 is 14.1 Å². The first kappa shape index (κ1) is 17.4. The Hall–Kier alpha value is 0.407. The van der Waals surface area contributed by atoms with E-state index in [4.69, 9.17) is 0 Å². The molecule has 104 valence electrons. The minimum atomic E-state index is -2.89. The van der Waals surface area contributed by atoms with Crippen LogP contribution in [0.1, 0.15) is 45.4 Å². The minimum Gasteiger partial charge on any atom is -0.622 e. The summed E-state index contributed by atoms with van der Waals surface area (Å²) in [7, 11) is -2.89. The van der Waals surface area contributed by atoms with Crippen LogP contribution in [0.15, 0.2) is 0 Å². The van der Waals surface area contributed by atoms with Crippen LogP contribution in [0.25, 0.3) is 0 Å². The van der Waals surface area contributed by atoms with Gasteiger partial charge in [0.25, 0.3) is 0 Å². The lowest BCUT2D eigenvalue weighted by atomic mass is 10.2. The van der Waals surface area contributed by atoms with E-state index >= 15 is 0 Å². The molecule has 0 fully saturated rings. The highest BCUT2D eigenvalue weighted by atomic mass is 32.2. The molecule has 0 saturated heterocycles. The zero-order valence-corrected chi connectivity index (χ0v) is 12.9. The summed E-state index contributed by atoms with van der Waals surface area (Å²) in [4.78, 5) is 18.4. The third-order valence-electron chi connectivity index (χ3n) is 2.54. The van der Waals surface area contributed by atoms with E-state index in [9.17, 15) is 14.8 Å². The Morgan fingerprint density at radius 2 is 1.76 bits per heavy atom. The molecule has 0 spiro atoms. The Kier molecular flexibility index (Phi) is 10.6. The van der Waals surface area contributed by atoms with Crippen LogP contribution in [0.4, 0.5) is 0 Å². The van der Waals surface area contributed by atoms with Crippen LogP contribution < -0.4 is 4.47 Å². The van der Waals surface area contributed by atoms with Crippen molar-refractivity contribution in [3.8, 4) is 0 Å². The normalized spacial score (nSPS) is 13.9. The molecule has 0 aliphatic carbocycles. The summed E-state index contributed by atoms with van der Waals surface area (Å²) in [6.07, 6.45) is 6.59. The fourth-order valence-electron chi connectivity index (χ4n) is 1.54. The Balaban J connectivity index is 3.26. The number of hydroxylamine groups is 1. The predicted molar refractivity (Wildman–Crippen MR) is 75.9 cm³/mol. The number of hydrogen-bond acceptors (Lipinski definition) is 4. The summed E-state index contributed by atoms with van der Waals surface area (Å²) in [5.74, 6) is 0.720. The van der Waals surface area contributed by atoms with E-state index in [1.54, 1.807) is 0 Å². The molecule has 6 heteroatoms. The summed E-state index contributed by atoms with van der Waals surface area (Å²) < 4.78 is 0.251. The SMILES string of the molecule is CCCCCCC[NH+]([O-])SCCC[Si](C)(O)O. The van der Waals surface area contributed by atoms with Crippen molar-refractivity contribution in [2.75, 3.05) is 12.3 Å². The van der Waals surface area contributed by atoms with E-state index in [1.165, 1.54) is 37.8 Å². The quantitative estimate of drug-likeness (QED) is 0.232. The third kappa shape index (κ3) is 14.3.